The van der Waals surface area contributed by atoms with Crippen LogP contribution in [-0.4, -0.2) is 29.2 Å². The number of methoxy groups -OCH3 is 1. The van der Waals surface area contributed by atoms with Gasteiger partial charge in [0.1, 0.15) is 11.5 Å². The van der Waals surface area contributed by atoms with Crippen LogP contribution in [0.5, 0.6) is 11.5 Å². The zero-order valence-corrected chi connectivity index (χ0v) is 12.6. The quantitative estimate of drug-likeness (QED) is 0.569. The number of fused-ring (bicyclic) bond motifs is 1. The van der Waals surface area contributed by atoms with E-state index in [1.807, 2.05) is 13.0 Å². The van der Waals surface area contributed by atoms with Crippen LogP contribution in [0.4, 0.5) is 0 Å². The predicted octanol–water partition coefficient (Wildman–Crippen LogP) is 1.78. The van der Waals surface area contributed by atoms with E-state index in [4.69, 9.17) is 0 Å². The lowest BCUT2D eigenvalue weighted by Crippen LogP contribution is -2.12. The molecule has 1 heterocycles. The zero-order chi connectivity index (χ0) is 16.3. The molecule has 6 heteroatoms. The Labute approximate surface area is 128 Å². The maximum absolute atomic E-state index is 11.5. The average molecular weight is 305 g/mol. The van der Waals surface area contributed by atoms with Gasteiger partial charge in [-0.3, -0.25) is 9.59 Å². The molecule has 0 aromatic heterocycles. The van der Waals surface area contributed by atoms with E-state index >= 15 is 0 Å². The Morgan fingerprint density at radius 3 is 2.82 bits per heavy atom. The fraction of sp³-hybridized carbons (Fsp3) is 0.375. The van der Waals surface area contributed by atoms with Gasteiger partial charge in [-0.1, -0.05) is 11.6 Å². The smallest absolute Gasteiger partial charge is 0.305 e. The van der Waals surface area contributed by atoms with Crippen molar-refractivity contribution < 1.29 is 24.5 Å². The Morgan fingerprint density at radius 2 is 2.14 bits per heavy atom. The van der Waals surface area contributed by atoms with Gasteiger partial charge < -0.3 is 20.3 Å². The van der Waals surface area contributed by atoms with Crippen LogP contribution < -0.4 is 5.32 Å². The third-order valence-corrected chi connectivity index (χ3v) is 3.76. The van der Waals surface area contributed by atoms with Gasteiger partial charge in [-0.25, -0.2) is 0 Å². The SMILES string of the molecule is COC(=O)CC/C(C)=C/Cc1c(O)cc2c(c1O)CNC2=O. The van der Waals surface area contributed by atoms with E-state index in [1.54, 1.807) is 0 Å². The van der Waals surface area contributed by atoms with Crippen molar-refractivity contribution >= 4 is 11.9 Å². The van der Waals surface area contributed by atoms with E-state index in [0.29, 0.717) is 36.0 Å². The molecule has 0 aliphatic carbocycles. The number of amides is 1. The Morgan fingerprint density at radius 1 is 1.41 bits per heavy atom. The molecule has 118 valence electrons. The highest BCUT2D eigenvalue weighted by molar-refractivity contribution is 5.99. The van der Waals surface area contributed by atoms with E-state index in [2.05, 4.69) is 10.1 Å². The van der Waals surface area contributed by atoms with E-state index in [9.17, 15) is 19.8 Å². The van der Waals surface area contributed by atoms with Gasteiger partial charge in [0, 0.05) is 24.1 Å². The van der Waals surface area contributed by atoms with E-state index in [1.165, 1.54) is 13.2 Å². The van der Waals surface area contributed by atoms with Gasteiger partial charge in [0.15, 0.2) is 0 Å². The van der Waals surface area contributed by atoms with Crippen LogP contribution in [0.25, 0.3) is 0 Å². The minimum atomic E-state index is -0.294. The molecule has 1 amide bonds. The maximum Gasteiger partial charge on any atom is 0.305 e. The number of carbonyl (C=O) groups excluding carboxylic acids is 2. The summed E-state index contributed by atoms with van der Waals surface area (Å²) in [6.45, 7) is 2.13. The second-order valence-electron chi connectivity index (χ2n) is 5.26. The van der Waals surface area contributed by atoms with Crippen molar-refractivity contribution in [3.05, 3.63) is 34.4 Å². The van der Waals surface area contributed by atoms with Crippen molar-refractivity contribution in [2.45, 2.75) is 32.7 Å². The van der Waals surface area contributed by atoms with E-state index < -0.39 is 0 Å². The van der Waals surface area contributed by atoms with E-state index in [-0.39, 0.29) is 29.9 Å². The van der Waals surface area contributed by atoms with Crippen molar-refractivity contribution in [1.82, 2.24) is 5.32 Å². The number of aromatic hydroxyl groups is 2. The molecule has 1 aromatic carbocycles. The van der Waals surface area contributed by atoms with Crippen LogP contribution in [0.2, 0.25) is 0 Å². The summed E-state index contributed by atoms with van der Waals surface area (Å²) < 4.78 is 4.58. The molecule has 0 unspecified atom stereocenters. The number of rotatable bonds is 5. The molecule has 1 aliphatic heterocycles. The molecule has 1 aliphatic rings. The summed E-state index contributed by atoms with van der Waals surface area (Å²) in [5, 5.41) is 22.8. The highest BCUT2D eigenvalue weighted by Gasteiger charge is 2.25. The molecule has 0 atom stereocenters. The summed E-state index contributed by atoms with van der Waals surface area (Å²) >= 11 is 0. The molecule has 2 rings (SSSR count). The molecular formula is C16H19NO5. The third kappa shape index (κ3) is 3.21. The van der Waals surface area contributed by atoms with Crippen LogP contribution in [0.1, 0.15) is 41.3 Å². The minimum Gasteiger partial charge on any atom is -0.507 e. The number of hydrogen-bond donors (Lipinski definition) is 3. The van der Waals surface area contributed by atoms with Crippen LogP contribution in [0, 0.1) is 0 Å². The number of phenolic OH excluding ortho intramolecular Hbond substituents is 2. The number of carbonyl (C=O) groups is 2. The molecule has 3 N–H and O–H groups in total. The lowest BCUT2D eigenvalue weighted by Gasteiger charge is -2.09. The summed E-state index contributed by atoms with van der Waals surface area (Å²) in [4.78, 5) is 22.6. The highest BCUT2D eigenvalue weighted by Crippen LogP contribution is 2.36. The van der Waals surface area contributed by atoms with Gasteiger partial charge in [-0.2, -0.15) is 0 Å². The van der Waals surface area contributed by atoms with Crippen molar-refractivity contribution in [2.24, 2.45) is 0 Å². The standard InChI is InChI=1S/C16H19NO5/c1-9(4-6-14(19)22-2)3-5-10-13(18)7-11-12(15(10)20)8-17-16(11)21/h3,7,18,20H,4-6,8H2,1-2H3,(H,17,21)/b9-3+. The topological polar surface area (TPSA) is 95.9 Å². The Kier molecular flexibility index (Phi) is 4.70. The highest BCUT2D eigenvalue weighted by atomic mass is 16.5. The molecule has 0 fully saturated rings. The molecule has 0 saturated heterocycles. The van der Waals surface area contributed by atoms with Gasteiger partial charge in [-0.05, 0) is 25.8 Å². The van der Waals surface area contributed by atoms with Gasteiger partial charge in [0.2, 0.25) is 0 Å². The first-order chi connectivity index (χ1) is 10.4. The Balaban J connectivity index is 2.14. The summed E-state index contributed by atoms with van der Waals surface area (Å²) in [6, 6.07) is 1.38. The fourth-order valence-corrected chi connectivity index (χ4v) is 2.37. The number of allylic oxidation sites excluding steroid dienone is 2. The first-order valence-electron chi connectivity index (χ1n) is 7.01. The van der Waals surface area contributed by atoms with Crippen LogP contribution in [-0.2, 0) is 22.5 Å². The van der Waals surface area contributed by atoms with Crippen molar-refractivity contribution in [2.75, 3.05) is 7.11 Å². The van der Waals surface area contributed by atoms with E-state index in [0.717, 1.165) is 5.57 Å². The van der Waals surface area contributed by atoms with Gasteiger partial charge >= 0.3 is 5.97 Å². The molecule has 0 radical (unpaired) electrons. The first-order valence-corrected chi connectivity index (χ1v) is 7.01. The molecule has 0 saturated carbocycles. The van der Waals surface area contributed by atoms with Crippen molar-refractivity contribution in [1.29, 1.82) is 0 Å². The molecule has 0 bridgehead atoms. The van der Waals surface area contributed by atoms with Crippen LogP contribution in [0.3, 0.4) is 0 Å². The monoisotopic (exact) mass is 305 g/mol. The number of esters is 1. The normalized spacial score (nSPS) is 13.7. The summed E-state index contributed by atoms with van der Waals surface area (Å²) in [5.74, 6) is -0.729. The molecule has 0 spiro atoms. The second-order valence-corrected chi connectivity index (χ2v) is 5.26. The molecule has 1 aromatic rings. The fourth-order valence-electron chi connectivity index (χ4n) is 2.37. The largest absolute Gasteiger partial charge is 0.507 e. The average Bonchev–Trinajstić information content (AvgIpc) is 2.86. The third-order valence-electron chi connectivity index (χ3n) is 3.76. The summed E-state index contributed by atoms with van der Waals surface area (Å²) in [6.07, 6.45) is 3.01. The van der Waals surface area contributed by atoms with Gasteiger partial charge in [0.05, 0.1) is 12.7 Å². The molecule has 22 heavy (non-hydrogen) atoms. The number of hydrogen-bond acceptors (Lipinski definition) is 5. The second kappa shape index (κ2) is 6.51. The lowest BCUT2D eigenvalue weighted by atomic mass is 9.99. The van der Waals surface area contributed by atoms with Crippen molar-refractivity contribution in [3.63, 3.8) is 0 Å². The number of ether oxygens (including phenoxy) is 1. The number of benzene rings is 1. The predicted molar refractivity (Wildman–Crippen MR) is 79.7 cm³/mol. The lowest BCUT2D eigenvalue weighted by molar-refractivity contribution is -0.140. The number of nitrogens with one attached hydrogen (secondary N) is 1. The first kappa shape index (κ1) is 15.9. The minimum absolute atomic E-state index is 0.0506. The van der Waals surface area contributed by atoms with Crippen LogP contribution >= 0.6 is 0 Å². The maximum atomic E-state index is 11.5. The Bertz CT molecular complexity index is 648. The number of phenols is 2. The molecule has 6 nitrogen and oxygen atoms in total. The summed E-state index contributed by atoms with van der Waals surface area (Å²) in [7, 11) is 1.34. The van der Waals surface area contributed by atoms with Crippen LogP contribution in [0.15, 0.2) is 17.7 Å². The molecular weight excluding hydrogens is 286 g/mol. The van der Waals surface area contributed by atoms with Gasteiger partial charge in [-0.15, -0.1) is 0 Å². The zero-order valence-electron chi connectivity index (χ0n) is 12.6. The van der Waals surface area contributed by atoms with Crippen molar-refractivity contribution in [3.8, 4) is 11.5 Å². The Hall–Kier alpha value is -2.50. The van der Waals surface area contributed by atoms with Gasteiger partial charge in [0.25, 0.3) is 5.91 Å². The summed E-state index contributed by atoms with van der Waals surface area (Å²) in [5.41, 5.74) is 2.16.